The van der Waals surface area contributed by atoms with Gasteiger partial charge in [0.2, 0.25) is 0 Å². The maximum atomic E-state index is 12.5. The van der Waals surface area contributed by atoms with Crippen LogP contribution in [0.15, 0.2) is 10.9 Å². The highest BCUT2D eigenvalue weighted by Gasteiger charge is 2.25. The second kappa shape index (κ2) is 6.59. The summed E-state index contributed by atoms with van der Waals surface area (Å²) in [5, 5.41) is 12.3. The standard InChI is InChI=1S/C20H24N4O2/c1-11-12(2)23-24-19(25)17(11)10-21-20(26)22-18-15-7-3-5-13(15)9-14-6-4-8-16(14)18/h9H,3-8,10H2,1-2H3,(H,24,25)(H2,21,22,26). The summed E-state index contributed by atoms with van der Waals surface area (Å²) in [6, 6.07) is 2.09. The van der Waals surface area contributed by atoms with Crippen molar-refractivity contribution in [3.63, 3.8) is 0 Å². The molecule has 1 aromatic heterocycles. The van der Waals surface area contributed by atoms with Gasteiger partial charge >= 0.3 is 6.03 Å². The summed E-state index contributed by atoms with van der Waals surface area (Å²) in [4.78, 5) is 24.5. The van der Waals surface area contributed by atoms with Crippen molar-refractivity contribution in [3.05, 3.63) is 55.5 Å². The maximum Gasteiger partial charge on any atom is 0.319 e. The lowest BCUT2D eigenvalue weighted by Crippen LogP contribution is -2.32. The van der Waals surface area contributed by atoms with Gasteiger partial charge in [-0.05, 0) is 80.2 Å². The second-order valence-corrected chi connectivity index (χ2v) is 7.28. The zero-order chi connectivity index (χ0) is 18.3. The highest BCUT2D eigenvalue weighted by Crippen LogP contribution is 2.38. The molecule has 0 aliphatic heterocycles. The van der Waals surface area contributed by atoms with Crippen LogP contribution in [0.2, 0.25) is 0 Å². The predicted octanol–water partition coefficient (Wildman–Crippen LogP) is 2.69. The number of rotatable bonds is 3. The van der Waals surface area contributed by atoms with Gasteiger partial charge in [0.1, 0.15) is 0 Å². The van der Waals surface area contributed by atoms with Crippen molar-refractivity contribution in [1.82, 2.24) is 15.5 Å². The molecule has 0 radical (unpaired) electrons. The van der Waals surface area contributed by atoms with E-state index < -0.39 is 0 Å². The minimum absolute atomic E-state index is 0.188. The highest BCUT2D eigenvalue weighted by molar-refractivity contribution is 5.92. The van der Waals surface area contributed by atoms with Crippen LogP contribution in [0.5, 0.6) is 0 Å². The first kappa shape index (κ1) is 16.8. The normalized spacial score (nSPS) is 14.8. The topological polar surface area (TPSA) is 86.9 Å². The molecule has 26 heavy (non-hydrogen) atoms. The van der Waals surface area contributed by atoms with Crippen molar-refractivity contribution in [2.24, 2.45) is 0 Å². The largest absolute Gasteiger partial charge is 0.334 e. The molecule has 2 aromatic rings. The summed E-state index contributed by atoms with van der Waals surface area (Å²) >= 11 is 0. The van der Waals surface area contributed by atoms with Gasteiger partial charge < -0.3 is 10.6 Å². The molecule has 3 N–H and O–H groups in total. The van der Waals surface area contributed by atoms with Crippen molar-refractivity contribution in [1.29, 1.82) is 0 Å². The number of benzene rings is 1. The van der Waals surface area contributed by atoms with E-state index in [-0.39, 0.29) is 18.1 Å². The fourth-order valence-corrected chi connectivity index (χ4v) is 4.18. The zero-order valence-electron chi connectivity index (χ0n) is 15.3. The Bertz CT molecular complexity index is 914. The number of urea groups is 1. The lowest BCUT2D eigenvalue weighted by atomic mass is 9.99. The third-order valence-corrected chi connectivity index (χ3v) is 5.73. The van der Waals surface area contributed by atoms with Crippen molar-refractivity contribution in [2.45, 2.75) is 58.9 Å². The fourth-order valence-electron chi connectivity index (χ4n) is 4.18. The van der Waals surface area contributed by atoms with Gasteiger partial charge in [-0.1, -0.05) is 6.07 Å². The van der Waals surface area contributed by atoms with Gasteiger partial charge in [-0.25, -0.2) is 9.89 Å². The van der Waals surface area contributed by atoms with E-state index in [0.29, 0.717) is 5.56 Å². The van der Waals surface area contributed by atoms with Gasteiger partial charge in [0.05, 0.1) is 12.2 Å². The number of aromatic nitrogens is 2. The first-order valence-corrected chi connectivity index (χ1v) is 9.30. The fraction of sp³-hybridized carbons (Fsp3) is 0.450. The van der Waals surface area contributed by atoms with E-state index in [0.717, 1.165) is 55.5 Å². The summed E-state index contributed by atoms with van der Waals surface area (Å²) in [6.07, 6.45) is 6.56. The predicted molar refractivity (Wildman–Crippen MR) is 101 cm³/mol. The van der Waals surface area contributed by atoms with Gasteiger partial charge in [0.25, 0.3) is 5.56 Å². The molecule has 0 unspecified atom stereocenters. The van der Waals surface area contributed by atoms with E-state index in [1.54, 1.807) is 0 Å². The van der Waals surface area contributed by atoms with Gasteiger partial charge in [-0.15, -0.1) is 0 Å². The summed E-state index contributed by atoms with van der Waals surface area (Å²) < 4.78 is 0. The third-order valence-electron chi connectivity index (χ3n) is 5.73. The molecule has 1 heterocycles. The number of nitrogens with one attached hydrogen (secondary N) is 3. The Morgan fingerprint density at radius 1 is 1.12 bits per heavy atom. The molecule has 0 spiro atoms. The number of anilines is 1. The van der Waals surface area contributed by atoms with Gasteiger partial charge in [-0.2, -0.15) is 5.10 Å². The molecule has 2 amide bonds. The van der Waals surface area contributed by atoms with E-state index in [1.807, 2.05) is 13.8 Å². The molecule has 4 rings (SSSR count). The molecule has 136 valence electrons. The lowest BCUT2D eigenvalue weighted by molar-refractivity contribution is 0.251. The summed E-state index contributed by atoms with van der Waals surface area (Å²) in [5.41, 5.74) is 8.27. The number of aryl methyl sites for hydroxylation is 3. The molecule has 1 aromatic carbocycles. The minimum Gasteiger partial charge on any atom is -0.334 e. The quantitative estimate of drug-likeness (QED) is 0.794. The van der Waals surface area contributed by atoms with Crippen LogP contribution in [0.1, 0.15) is 51.9 Å². The summed E-state index contributed by atoms with van der Waals surface area (Å²) in [5.74, 6) is 0. The highest BCUT2D eigenvalue weighted by atomic mass is 16.2. The molecule has 0 saturated carbocycles. The monoisotopic (exact) mass is 352 g/mol. The molecule has 0 atom stereocenters. The van der Waals surface area contributed by atoms with Crippen molar-refractivity contribution < 1.29 is 4.79 Å². The maximum absolute atomic E-state index is 12.5. The van der Waals surface area contributed by atoms with Gasteiger partial charge in [-0.3, -0.25) is 4.79 Å². The number of hydrogen-bond acceptors (Lipinski definition) is 3. The van der Waals surface area contributed by atoms with Gasteiger partial charge in [0.15, 0.2) is 0 Å². The SMILES string of the molecule is Cc1n[nH]c(=O)c(CNC(=O)Nc2c3c(cc4c2CCC4)CCC3)c1C. The van der Waals surface area contributed by atoms with Crippen LogP contribution >= 0.6 is 0 Å². The number of fused-ring (bicyclic) bond motifs is 2. The molecular weight excluding hydrogens is 328 g/mol. The Morgan fingerprint density at radius 2 is 1.77 bits per heavy atom. The molecule has 2 aliphatic rings. The summed E-state index contributed by atoms with van der Waals surface area (Å²) in [7, 11) is 0. The first-order chi connectivity index (χ1) is 12.5. The van der Waals surface area contributed by atoms with Crippen molar-refractivity contribution in [2.75, 3.05) is 5.32 Å². The van der Waals surface area contributed by atoms with Crippen LogP contribution in [0.25, 0.3) is 0 Å². The van der Waals surface area contributed by atoms with E-state index in [4.69, 9.17) is 0 Å². The van der Waals surface area contributed by atoms with Crippen LogP contribution in [-0.4, -0.2) is 16.2 Å². The molecular formula is C20H24N4O2. The van der Waals surface area contributed by atoms with Crippen molar-refractivity contribution >= 4 is 11.7 Å². The number of nitrogens with zero attached hydrogens (tertiary/aromatic N) is 1. The average molecular weight is 352 g/mol. The van der Waals surface area contributed by atoms with Crippen LogP contribution in [0, 0.1) is 13.8 Å². The summed E-state index contributed by atoms with van der Waals surface area (Å²) in [6.45, 7) is 3.88. The second-order valence-electron chi connectivity index (χ2n) is 7.28. The van der Waals surface area contributed by atoms with Crippen LogP contribution in [-0.2, 0) is 32.2 Å². The molecule has 2 aliphatic carbocycles. The third kappa shape index (κ3) is 2.89. The number of hydrogen-bond donors (Lipinski definition) is 3. The van der Waals surface area contributed by atoms with Crippen LogP contribution in [0.3, 0.4) is 0 Å². The molecule has 0 bridgehead atoms. The minimum atomic E-state index is -0.257. The number of carbonyl (C=O) groups is 1. The van der Waals surface area contributed by atoms with E-state index in [9.17, 15) is 9.59 Å². The first-order valence-electron chi connectivity index (χ1n) is 9.30. The molecule has 0 fully saturated rings. The Balaban J connectivity index is 1.54. The average Bonchev–Trinajstić information content (AvgIpc) is 3.27. The van der Waals surface area contributed by atoms with E-state index in [2.05, 4.69) is 26.9 Å². The van der Waals surface area contributed by atoms with Crippen molar-refractivity contribution in [3.8, 4) is 0 Å². The Hall–Kier alpha value is -2.63. The molecule has 0 saturated heterocycles. The zero-order valence-corrected chi connectivity index (χ0v) is 15.3. The number of carbonyl (C=O) groups excluding carboxylic acids is 1. The molecule has 6 nitrogen and oxygen atoms in total. The van der Waals surface area contributed by atoms with Crippen LogP contribution in [0.4, 0.5) is 10.5 Å². The Kier molecular flexibility index (Phi) is 4.26. The lowest BCUT2D eigenvalue weighted by Gasteiger charge is -2.17. The smallest absolute Gasteiger partial charge is 0.319 e. The van der Waals surface area contributed by atoms with Gasteiger partial charge in [0, 0.05) is 11.3 Å². The van der Waals surface area contributed by atoms with E-state index >= 15 is 0 Å². The Morgan fingerprint density at radius 3 is 2.42 bits per heavy atom. The number of H-pyrrole nitrogens is 1. The molecule has 6 heteroatoms. The van der Waals surface area contributed by atoms with E-state index in [1.165, 1.54) is 22.3 Å². The number of aromatic amines is 1. The Labute approximate surface area is 152 Å². The number of amides is 2. The van der Waals surface area contributed by atoms with Crippen LogP contribution < -0.4 is 16.2 Å².